The zero-order valence-corrected chi connectivity index (χ0v) is 22.2. The molecule has 172 valence electrons. The second-order valence-electron chi connectivity index (χ2n) is 14.3. The van der Waals surface area contributed by atoms with Gasteiger partial charge < -0.3 is 9.47 Å². The molecule has 4 nitrogen and oxygen atoms in total. The van der Waals surface area contributed by atoms with E-state index in [1.165, 1.54) is 0 Å². The Labute approximate surface area is 193 Å². The fraction of sp³-hybridized carbons (Fsp3) is 0.769. The fourth-order valence-corrected chi connectivity index (χ4v) is 12.4. The van der Waals surface area contributed by atoms with Crippen LogP contribution in [0.25, 0.3) is 0 Å². The second kappa shape index (κ2) is 5.24. The van der Waals surface area contributed by atoms with E-state index in [-0.39, 0.29) is 35.0 Å². The molecular formula is C26H36O4Si2. The standard InChI is InChI=1S/C26H36O4Si2/c1-31(2,3)11-7-9-23-13-15-17-18-16-14-24(10-8-12-32(4,5)6)20(18)26(15,22(28)30-24)25(16,19(17)23)21(27)29-23/h7-8,11-12,15-20H,9-10,13-14H2,1-6H3/b11-7+,12-8+. The van der Waals surface area contributed by atoms with Crippen LogP contribution in [0.5, 0.6) is 0 Å². The Morgan fingerprint density at radius 2 is 1.12 bits per heavy atom. The van der Waals surface area contributed by atoms with Gasteiger partial charge in [0, 0.05) is 24.7 Å². The summed E-state index contributed by atoms with van der Waals surface area (Å²) in [5.41, 5.74) is 2.93. The lowest BCUT2D eigenvalue weighted by molar-refractivity contribution is -0.165. The molecule has 0 aromatic carbocycles. The summed E-state index contributed by atoms with van der Waals surface area (Å²) in [6.45, 7) is 14.0. The topological polar surface area (TPSA) is 52.6 Å². The highest BCUT2D eigenvalue weighted by molar-refractivity contribution is 6.81. The van der Waals surface area contributed by atoms with Crippen LogP contribution < -0.4 is 0 Å². The first kappa shape index (κ1) is 20.2. The van der Waals surface area contributed by atoms with Crippen LogP contribution in [0.1, 0.15) is 25.7 Å². The summed E-state index contributed by atoms with van der Waals surface area (Å²) in [5.74, 6) is 1.99. The summed E-state index contributed by atoms with van der Waals surface area (Å²) in [6.07, 6.45) is 8.03. The van der Waals surface area contributed by atoms with Gasteiger partial charge in [0.15, 0.2) is 0 Å². The molecule has 10 unspecified atom stereocenters. The van der Waals surface area contributed by atoms with Crippen molar-refractivity contribution in [1.29, 1.82) is 0 Å². The van der Waals surface area contributed by atoms with Crippen LogP contribution in [-0.4, -0.2) is 39.3 Å². The summed E-state index contributed by atoms with van der Waals surface area (Å²) in [5, 5.41) is 0. The van der Waals surface area contributed by atoms with Crippen molar-refractivity contribution in [3.8, 4) is 0 Å². The number of esters is 2. The van der Waals surface area contributed by atoms with E-state index < -0.39 is 27.0 Å². The monoisotopic (exact) mass is 468 g/mol. The van der Waals surface area contributed by atoms with Crippen LogP contribution in [0.15, 0.2) is 23.6 Å². The maximum atomic E-state index is 13.8. The lowest BCUT2D eigenvalue weighted by atomic mass is 9.47. The molecular weight excluding hydrogens is 432 g/mol. The Morgan fingerprint density at radius 1 is 0.750 bits per heavy atom. The fourth-order valence-electron chi connectivity index (χ4n) is 10.7. The first-order valence-electron chi connectivity index (χ1n) is 12.7. The molecule has 2 aliphatic heterocycles. The largest absolute Gasteiger partial charge is 0.458 e. The summed E-state index contributed by atoms with van der Waals surface area (Å²) in [4.78, 5) is 27.6. The number of rotatable bonds is 6. The van der Waals surface area contributed by atoms with Gasteiger partial charge in [0.1, 0.15) is 11.2 Å². The van der Waals surface area contributed by atoms with Gasteiger partial charge in [-0.3, -0.25) is 9.59 Å². The van der Waals surface area contributed by atoms with Gasteiger partial charge in [0.05, 0.1) is 27.0 Å². The number of ether oxygens (including phenoxy) is 2. The Kier molecular flexibility index (Phi) is 3.32. The molecule has 0 N–H and O–H groups in total. The van der Waals surface area contributed by atoms with E-state index in [9.17, 15) is 9.59 Å². The highest BCUT2D eigenvalue weighted by Gasteiger charge is 3.06. The van der Waals surface area contributed by atoms with Gasteiger partial charge in [-0.05, 0) is 36.5 Å². The summed E-state index contributed by atoms with van der Waals surface area (Å²) < 4.78 is 12.8. The molecule has 2 spiro atoms. The lowest BCUT2D eigenvalue weighted by Gasteiger charge is -2.48. The van der Waals surface area contributed by atoms with E-state index in [1.807, 2.05) is 0 Å². The Balaban J connectivity index is 1.28. The van der Waals surface area contributed by atoms with Crippen molar-refractivity contribution >= 4 is 28.1 Å². The third kappa shape index (κ3) is 1.79. The van der Waals surface area contributed by atoms with Gasteiger partial charge in [-0.25, -0.2) is 0 Å². The van der Waals surface area contributed by atoms with Crippen molar-refractivity contribution in [2.24, 2.45) is 46.3 Å². The van der Waals surface area contributed by atoms with Gasteiger partial charge in [-0.2, -0.15) is 0 Å². The molecule has 8 fully saturated rings. The number of hydrogen-bond donors (Lipinski definition) is 0. The van der Waals surface area contributed by atoms with Crippen molar-refractivity contribution in [3.05, 3.63) is 23.6 Å². The van der Waals surface area contributed by atoms with Crippen LogP contribution >= 0.6 is 0 Å². The number of carbonyl (C=O) groups is 2. The molecule has 10 atom stereocenters. The van der Waals surface area contributed by atoms with Crippen LogP contribution in [0, 0.1) is 46.3 Å². The average Bonchev–Trinajstić information content (AvgIpc) is 3.42. The predicted molar refractivity (Wildman–Crippen MR) is 127 cm³/mol. The van der Waals surface area contributed by atoms with Gasteiger partial charge in [0.2, 0.25) is 0 Å². The molecule has 32 heavy (non-hydrogen) atoms. The summed E-state index contributed by atoms with van der Waals surface area (Å²) >= 11 is 0. The van der Waals surface area contributed by atoms with Crippen molar-refractivity contribution in [2.45, 2.75) is 76.2 Å². The van der Waals surface area contributed by atoms with Gasteiger partial charge in [-0.1, -0.05) is 62.8 Å². The molecule has 0 radical (unpaired) electrons. The Morgan fingerprint density at radius 3 is 1.47 bits per heavy atom. The van der Waals surface area contributed by atoms with Gasteiger partial charge in [0.25, 0.3) is 0 Å². The van der Waals surface area contributed by atoms with E-state index >= 15 is 0 Å². The quantitative estimate of drug-likeness (QED) is 0.417. The summed E-state index contributed by atoms with van der Waals surface area (Å²) in [7, 11) is -2.60. The minimum absolute atomic E-state index is 0.0333. The predicted octanol–water partition coefficient (Wildman–Crippen LogP) is 4.74. The van der Waals surface area contributed by atoms with E-state index in [4.69, 9.17) is 9.47 Å². The van der Waals surface area contributed by atoms with E-state index in [0.29, 0.717) is 23.7 Å². The van der Waals surface area contributed by atoms with Crippen LogP contribution in [0.3, 0.4) is 0 Å². The maximum Gasteiger partial charge on any atom is 0.314 e. The second-order valence-corrected chi connectivity index (χ2v) is 24.5. The van der Waals surface area contributed by atoms with Crippen LogP contribution in [-0.2, 0) is 19.1 Å². The number of hydrogen-bond acceptors (Lipinski definition) is 4. The minimum atomic E-state index is -1.30. The van der Waals surface area contributed by atoms with Crippen molar-refractivity contribution in [2.75, 3.05) is 0 Å². The molecule has 2 heterocycles. The Bertz CT molecular complexity index is 953. The van der Waals surface area contributed by atoms with E-state index in [0.717, 1.165) is 25.7 Å². The molecule has 8 rings (SSSR count). The molecule has 6 saturated carbocycles. The Hall–Kier alpha value is -1.15. The summed E-state index contributed by atoms with van der Waals surface area (Å²) in [6, 6.07) is 0. The molecule has 0 aromatic rings. The molecule has 6 aliphatic carbocycles. The van der Waals surface area contributed by atoms with Crippen molar-refractivity contribution < 1.29 is 19.1 Å². The smallest absolute Gasteiger partial charge is 0.314 e. The lowest BCUT2D eigenvalue weighted by Crippen LogP contribution is -2.58. The highest BCUT2D eigenvalue weighted by atomic mass is 28.3. The third-order valence-electron chi connectivity index (χ3n) is 10.7. The van der Waals surface area contributed by atoms with Crippen LogP contribution in [0.4, 0.5) is 0 Å². The molecule has 0 aromatic heterocycles. The maximum absolute atomic E-state index is 13.8. The first-order chi connectivity index (χ1) is 14.8. The van der Waals surface area contributed by atoms with Crippen molar-refractivity contribution in [1.82, 2.24) is 0 Å². The molecule has 8 aliphatic rings. The van der Waals surface area contributed by atoms with Crippen LogP contribution in [0.2, 0.25) is 39.3 Å². The third-order valence-corrected chi connectivity index (χ3v) is 13.1. The highest BCUT2D eigenvalue weighted by Crippen LogP contribution is 2.99. The zero-order valence-electron chi connectivity index (χ0n) is 20.2. The number of carbonyl (C=O) groups excluding carboxylic acids is 2. The molecule has 2 saturated heterocycles. The average molecular weight is 469 g/mol. The SMILES string of the molecule is C[Si](C)(C)/C=C/CC12CC3C4C5C6CC7(C/C=C/[Si](C)(C)C)OC(=O)C3(C57)C6(C(=O)O1)C42. The minimum Gasteiger partial charge on any atom is -0.458 e. The van der Waals surface area contributed by atoms with Crippen molar-refractivity contribution in [3.63, 3.8) is 0 Å². The van der Waals surface area contributed by atoms with Gasteiger partial charge in [-0.15, -0.1) is 0 Å². The molecule has 6 heteroatoms. The molecule has 8 bridgehead atoms. The molecule has 0 amide bonds. The van der Waals surface area contributed by atoms with E-state index in [2.05, 4.69) is 62.8 Å². The van der Waals surface area contributed by atoms with E-state index in [1.54, 1.807) is 0 Å². The normalized spacial score (nSPS) is 55.4. The first-order valence-corrected chi connectivity index (χ1v) is 19.8. The van der Waals surface area contributed by atoms with Gasteiger partial charge >= 0.3 is 11.9 Å². The zero-order chi connectivity index (χ0) is 22.7.